The molecule has 0 bridgehead atoms. The fourth-order valence-electron chi connectivity index (χ4n) is 3.51. The Balaban J connectivity index is 0.00000312. The number of halogens is 1. The first-order valence-electron chi connectivity index (χ1n) is 9.63. The maximum absolute atomic E-state index is 4.45. The van der Waals surface area contributed by atoms with E-state index in [-0.39, 0.29) is 24.0 Å². The van der Waals surface area contributed by atoms with Crippen LogP contribution in [0.5, 0.6) is 0 Å². The van der Waals surface area contributed by atoms with E-state index in [1.807, 2.05) is 13.2 Å². The Bertz CT molecular complexity index is 492. The van der Waals surface area contributed by atoms with Crippen LogP contribution >= 0.6 is 24.0 Å². The molecular formula is C19H36IN5. The lowest BCUT2D eigenvalue weighted by molar-refractivity contribution is 0.472. The highest BCUT2D eigenvalue weighted by atomic mass is 127. The van der Waals surface area contributed by atoms with Crippen molar-refractivity contribution in [3.63, 3.8) is 0 Å². The maximum atomic E-state index is 4.45. The van der Waals surface area contributed by atoms with Crippen molar-refractivity contribution in [3.8, 4) is 0 Å². The number of imidazole rings is 1. The zero-order chi connectivity index (χ0) is 17.2. The molecule has 1 aromatic heterocycles. The lowest BCUT2D eigenvalue weighted by Gasteiger charge is -2.14. The summed E-state index contributed by atoms with van der Waals surface area (Å²) >= 11 is 0. The first kappa shape index (κ1) is 22.3. The summed E-state index contributed by atoms with van der Waals surface area (Å²) in [6, 6.07) is 0. The van der Waals surface area contributed by atoms with Crippen molar-refractivity contribution in [1.82, 2.24) is 20.2 Å². The molecule has 1 fully saturated rings. The van der Waals surface area contributed by atoms with E-state index in [4.69, 9.17) is 0 Å². The molecule has 1 aliphatic rings. The lowest BCUT2D eigenvalue weighted by atomic mass is 10.0. The van der Waals surface area contributed by atoms with E-state index in [1.54, 1.807) is 0 Å². The molecule has 1 aromatic rings. The van der Waals surface area contributed by atoms with Crippen molar-refractivity contribution in [2.24, 2.45) is 16.8 Å². The van der Waals surface area contributed by atoms with Gasteiger partial charge < -0.3 is 15.2 Å². The molecule has 25 heavy (non-hydrogen) atoms. The van der Waals surface area contributed by atoms with Gasteiger partial charge in [0.25, 0.3) is 0 Å². The summed E-state index contributed by atoms with van der Waals surface area (Å²) in [4.78, 5) is 8.76. The van der Waals surface area contributed by atoms with Crippen LogP contribution in [-0.2, 0) is 13.1 Å². The summed E-state index contributed by atoms with van der Waals surface area (Å²) in [5, 5.41) is 6.79. The molecule has 6 heteroatoms. The summed E-state index contributed by atoms with van der Waals surface area (Å²) in [6.45, 7) is 7.16. The van der Waals surface area contributed by atoms with Crippen molar-refractivity contribution in [2.75, 3.05) is 13.6 Å². The molecule has 2 N–H and O–H groups in total. The Morgan fingerprint density at radius 1 is 1.28 bits per heavy atom. The molecule has 0 amide bonds. The third-order valence-electron chi connectivity index (χ3n) is 4.81. The predicted molar refractivity (Wildman–Crippen MR) is 116 cm³/mol. The summed E-state index contributed by atoms with van der Waals surface area (Å²) in [5.74, 6) is 3.56. The second-order valence-electron chi connectivity index (χ2n) is 7.39. The molecule has 0 unspecified atom stereocenters. The number of nitrogens with zero attached hydrogens (tertiary/aromatic N) is 3. The lowest BCUT2D eigenvalue weighted by Crippen LogP contribution is -2.38. The van der Waals surface area contributed by atoms with Crippen LogP contribution in [0.3, 0.4) is 0 Å². The minimum Gasteiger partial charge on any atom is -0.356 e. The second kappa shape index (κ2) is 12.5. The first-order chi connectivity index (χ1) is 11.7. The fourth-order valence-corrected chi connectivity index (χ4v) is 3.51. The molecule has 0 spiro atoms. The van der Waals surface area contributed by atoms with Crippen LogP contribution in [0.15, 0.2) is 17.4 Å². The van der Waals surface area contributed by atoms with Crippen LogP contribution in [0.25, 0.3) is 0 Å². The quantitative estimate of drug-likeness (QED) is 0.251. The Labute approximate surface area is 170 Å². The highest BCUT2D eigenvalue weighted by Gasteiger charge is 2.13. The fraction of sp³-hybridized carbons (Fsp3) is 0.789. The van der Waals surface area contributed by atoms with Crippen LogP contribution < -0.4 is 10.6 Å². The zero-order valence-corrected chi connectivity index (χ0v) is 18.5. The van der Waals surface area contributed by atoms with Crippen LogP contribution in [0.1, 0.15) is 64.6 Å². The Hall–Kier alpha value is -0.790. The smallest absolute Gasteiger partial charge is 0.191 e. The predicted octanol–water partition coefficient (Wildman–Crippen LogP) is 4.18. The maximum Gasteiger partial charge on any atom is 0.191 e. The van der Waals surface area contributed by atoms with Gasteiger partial charge in [0.15, 0.2) is 5.96 Å². The van der Waals surface area contributed by atoms with Crippen LogP contribution in [-0.4, -0.2) is 29.1 Å². The van der Waals surface area contributed by atoms with Gasteiger partial charge in [-0.2, -0.15) is 0 Å². The van der Waals surface area contributed by atoms with Gasteiger partial charge in [-0.3, -0.25) is 4.99 Å². The molecule has 144 valence electrons. The van der Waals surface area contributed by atoms with Gasteiger partial charge in [0.05, 0.1) is 6.54 Å². The molecule has 0 atom stereocenters. The molecular weight excluding hydrogens is 425 g/mol. The topological polar surface area (TPSA) is 54.2 Å². The number of guanidine groups is 1. The Kier molecular flexibility index (Phi) is 11.2. The van der Waals surface area contributed by atoms with E-state index in [9.17, 15) is 0 Å². The van der Waals surface area contributed by atoms with Gasteiger partial charge in [0, 0.05) is 32.5 Å². The molecule has 0 radical (unpaired) electrons. The van der Waals surface area contributed by atoms with Crippen molar-refractivity contribution in [2.45, 2.75) is 71.9 Å². The van der Waals surface area contributed by atoms with Crippen molar-refractivity contribution >= 4 is 29.9 Å². The van der Waals surface area contributed by atoms with E-state index < -0.39 is 0 Å². The number of unbranched alkanes of at least 4 members (excludes halogenated alkanes) is 1. The van der Waals surface area contributed by atoms with Gasteiger partial charge in [-0.1, -0.05) is 52.4 Å². The standard InChI is InChI=1S/C19H35N5.HI/c1-16(2)15-24-13-12-21-18(24)14-23-19(20-3)22-11-7-6-10-17-8-4-5-9-17;/h12-13,16-17H,4-11,14-15H2,1-3H3,(H2,20,22,23);1H. The molecule has 2 rings (SSSR count). The van der Waals surface area contributed by atoms with E-state index in [2.05, 4.69) is 45.2 Å². The summed E-state index contributed by atoms with van der Waals surface area (Å²) in [6.07, 6.45) is 13.7. The van der Waals surface area contributed by atoms with Gasteiger partial charge in [-0.15, -0.1) is 24.0 Å². The number of hydrogen-bond acceptors (Lipinski definition) is 2. The Morgan fingerprint density at radius 2 is 2.04 bits per heavy atom. The third-order valence-corrected chi connectivity index (χ3v) is 4.81. The first-order valence-corrected chi connectivity index (χ1v) is 9.63. The van der Waals surface area contributed by atoms with Crippen LogP contribution in [0.4, 0.5) is 0 Å². The largest absolute Gasteiger partial charge is 0.356 e. The average Bonchev–Trinajstić information content (AvgIpc) is 3.21. The van der Waals surface area contributed by atoms with Crippen molar-refractivity contribution in [1.29, 1.82) is 0 Å². The van der Waals surface area contributed by atoms with E-state index in [0.29, 0.717) is 12.5 Å². The minimum absolute atomic E-state index is 0. The monoisotopic (exact) mass is 461 g/mol. The van der Waals surface area contributed by atoms with Crippen molar-refractivity contribution in [3.05, 3.63) is 18.2 Å². The van der Waals surface area contributed by atoms with Gasteiger partial charge >= 0.3 is 0 Å². The van der Waals surface area contributed by atoms with Crippen molar-refractivity contribution < 1.29 is 0 Å². The minimum atomic E-state index is 0. The SMILES string of the molecule is CN=C(NCCCCC1CCCC1)NCc1nccn1CC(C)C.I. The number of aromatic nitrogens is 2. The van der Waals surface area contributed by atoms with Crippen LogP contribution in [0, 0.1) is 11.8 Å². The zero-order valence-electron chi connectivity index (χ0n) is 16.1. The third kappa shape index (κ3) is 8.42. The van der Waals surface area contributed by atoms with E-state index in [0.717, 1.165) is 30.8 Å². The summed E-state index contributed by atoms with van der Waals surface area (Å²) in [7, 11) is 1.83. The Morgan fingerprint density at radius 3 is 2.72 bits per heavy atom. The van der Waals surface area contributed by atoms with E-state index in [1.165, 1.54) is 44.9 Å². The number of nitrogens with one attached hydrogen (secondary N) is 2. The van der Waals surface area contributed by atoms with Gasteiger partial charge in [0.1, 0.15) is 5.82 Å². The molecule has 5 nitrogen and oxygen atoms in total. The molecule has 1 saturated carbocycles. The average molecular weight is 461 g/mol. The molecule has 0 aromatic carbocycles. The summed E-state index contributed by atoms with van der Waals surface area (Å²) < 4.78 is 2.21. The number of aliphatic imine (C=N–C) groups is 1. The highest BCUT2D eigenvalue weighted by molar-refractivity contribution is 14.0. The molecule has 1 heterocycles. The molecule has 0 aliphatic heterocycles. The highest BCUT2D eigenvalue weighted by Crippen LogP contribution is 2.28. The molecule has 0 saturated heterocycles. The van der Waals surface area contributed by atoms with E-state index >= 15 is 0 Å². The number of rotatable bonds is 9. The van der Waals surface area contributed by atoms with Gasteiger partial charge in [0.2, 0.25) is 0 Å². The summed E-state index contributed by atoms with van der Waals surface area (Å²) in [5.41, 5.74) is 0. The second-order valence-corrected chi connectivity index (χ2v) is 7.39. The number of hydrogen-bond donors (Lipinski definition) is 2. The normalized spacial score (nSPS) is 15.4. The van der Waals surface area contributed by atoms with Crippen LogP contribution in [0.2, 0.25) is 0 Å². The molecule has 1 aliphatic carbocycles. The van der Waals surface area contributed by atoms with Gasteiger partial charge in [-0.25, -0.2) is 4.98 Å². The van der Waals surface area contributed by atoms with Gasteiger partial charge in [-0.05, 0) is 18.3 Å².